The van der Waals surface area contributed by atoms with Gasteiger partial charge in [-0.3, -0.25) is 4.98 Å². The van der Waals surface area contributed by atoms with E-state index >= 15 is 0 Å². The third-order valence-electron chi connectivity index (χ3n) is 3.00. The summed E-state index contributed by atoms with van der Waals surface area (Å²) < 4.78 is 5.25. The standard InChI is InChI=1S/C16H19ClN2O/c1-12-6-16(20-2)8-15(19-12)11-18-10-14-5-3-4-13(7-14)9-17/h3-8,18H,9-11H2,1-2H3. The fourth-order valence-electron chi connectivity index (χ4n) is 2.07. The number of ether oxygens (including phenoxy) is 1. The van der Waals surface area contributed by atoms with Crippen LogP contribution in [0.15, 0.2) is 36.4 Å². The van der Waals surface area contributed by atoms with Crippen molar-refractivity contribution in [3.05, 3.63) is 58.9 Å². The van der Waals surface area contributed by atoms with Gasteiger partial charge in [-0.25, -0.2) is 0 Å². The van der Waals surface area contributed by atoms with Gasteiger partial charge < -0.3 is 10.1 Å². The van der Waals surface area contributed by atoms with Crippen LogP contribution in [0.5, 0.6) is 5.75 Å². The van der Waals surface area contributed by atoms with Crippen molar-refractivity contribution in [1.82, 2.24) is 10.3 Å². The van der Waals surface area contributed by atoms with Crippen LogP contribution in [0.1, 0.15) is 22.5 Å². The Morgan fingerprint density at radius 1 is 1.15 bits per heavy atom. The molecule has 0 amide bonds. The molecule has 106 valence electrons. The molecule has 0 aliphatic carbocycles. The van der Waals surface area contributed by atoms with Gasteiger partial charge in [0, 0.05) is 36.8 Å². The van der Waals surface area contributed by atoms with Crippen molar-refractivity contribution >= 4 is 11.6 Å². The lowest BCUT2D eigenvalue weighted by atomic mass is 10.1. The Balaban J connectivity index is 1.93. The molecule has 0 saturated carbocycles. The molecule has 2 aromatic rings. The Bertz CT molecular complexity index is 572. The van der Waals surface area contributed by atoms with Crippen molar-refractivity contribution in [2.24, 2.45) is 0 Å². The molecule has 1 aromatic heterocycles. The fraction of sp³-hybridized carbons (Fsp3) is 0.312. The summed E-state index contributed by atoms with van der Waals surface area (Å²) in [6, 6.07) is 12.1. The zero-order valence-electron chi connectivity index (χ0n) is 11.8. The topological polar surface area (TPSA) is 34.1 Å². The molecule has 20 heavy (non-hydrogen) atoms. The van der Waals surface area contributed by atoms with E-state index in [4.69, 9.17) is 16.3 Å². The van der Waals surface area contributed by atoms with E-state index in [9.17, 15) is 0 Å². The van der Waals surface area contributed by atoms with Crippen LogP contribution in [-0.4, -0.2) is 12.1 Å². The maximum Gasteiger partial charge on any atom is 0.122 e. The van der Waals surface area contributed by atoms with Gasteiger partial charge in [-0.05, 0) is 18.1 Å². The summed E-state index contributed by atoms with van der Waals surface area (Å²) in [7, 11) is 1.67. The SMILES string of the molecule is COc1cc(C)nc(CNCc2cccc(CCl)c2)c1. The lowest BCUT2D eigenvalue weighted by Crippen LogP contribution is -2.14. The highest BCUT2D eigenvalue weighted by Gasteiger charge is 2.01. The Morgan fingerprint density at radius 3 is 2.70 bits per heavy atom. The summed E-state index contributed by atoms with van der Waals surface area (Å²) in [5.41, 5.74) is 4.31. The molecule has 0 atom stereocenters. The van der Waals surface area contributed by atoms with E-state index < -0.39 is 0 Å². The van der Waals surface area contributed by atoms with E-state index in [1.807, 2.05) is 31.2 Å². The van der Waals surface area contributed by atoms with Gasteiger partial charge in [0.2, 0.25) is 0 Å². The van der Waals surface area contributed by atoms with Crippen LogP contribution in [0.2, 0.25) is 0 Å². The van der Waals surface area contributed by atoms with Crippen LogP contribution < -0.4 is 10.1 Å². The molecule has 0 saturated heterocycles. The van der Waals surface area contributed by atoms with Crippen LogP contribution in [0.25, 0.3) is 0 Å². The molecule has 1 N–H and O–H groups in total. The third-order valence-corrected chi connectivity index (χ3v) is 3.31. The molecule has 0 bridgehead atoms. The largest absolute Gasteiger partial charge is 0.497 e. The van der Waals surface area contributed by atoms with Crippen molar-refractivity contribution in [2.45, 2.75) is 25.9 Å². The smallest absolute Gasteiger partial charge is 0.122 e. The first-order valence-electron chi connectivity index (χ1n) is 6.57. The number of hydrogen-bond donors (Lipinski definition) is 1. The van der Waals surface area contributed by atoms with Crippen molar-refractivity contribution in [3.63, 3.8) is 0 Å². The average Bonchev–Trinajstić information content (AvgIpc) is 2.47. The monoisotopic (exact) mass is 290 g/mol. The number of aromatic nitrogens is 1. The van der Waals surface area contributed by atoms with Gasteiger partial charge in [0.05, 0.1) is 12.8 Å². The summed E-state index contributed by atoms with van der Waals surface area (Å²) in [6.45, 7) is 3.47. The summed E-state index contributed by atoms with van der Waals surface area (Å²) in [6.07, 6.45) is 0. The van der Waals surface area contributed by atoms with Gasteiger partial charge in [-0.2, -0.15) is 0 Å². The van der Waals surface area contributed by atoms with Crippen molar-refractivity contribution in [1.29, 1.82) is 0 Å². The number of methoxy groups -OCH3 is 1. The second-order valence-corrected chi connectivity index (χ2v) is 4.96. The van der Waals surface area contributed by atoms with Crippen LogP contribution >= 0.6 is 11.6 Å². The predicted octanol–water partition coefficient (Wildman–Crippen LogP) is 3.43. The first-order chi connectivity index (χ1) is 9.71. The number of nitrogens with one attached hydrogen (secondary N) is 1. The van der Waals surface area contributed by atoms with Gasteiger partial charge in [-0.15, -0.1) is 11.6 Å². The Kier molecular flexibility index (Phi) is 5.39. The molecular weight excluding hydrogens is 272 g/mol. The summed E-state index contributed by atoms with van der Waals surface area (Å²) in [4.78, 5) is 4.48. The Morgan fingerprint density at radius 2 is 1.95 bits per heavy atom. The number of aryl methyl sites for hydroxylation is 1. The normalized spacial score (nSPS) is 10.6. The number of nitrogens with zero attached hydrogens (tertiary/aromatic N) is 1. The molecule has 1 heterocycles. The molecule has 2 rings (SSSR count). The number of pyridine rings is 1. The number of alkyl halides is 1. The summed E-state index contributed by atoms with van der Waals surface area (Å²) in [5, 5.41) is 3.39. The molecule has 3 nitrogen and oxygen atoms in total. The number of hydrogen-bond acceptors (Lipinski definition) is 3. The van der Waals surface area contributed by atoms with Crippen LogP contribution in [0, 0.1) is 6.92 Å². The van der Waals surface area contributed by atoms with Gasteiger partial charge in [0.15, 0.2) is 0 Å². The molecule has 0 aliphatic rings. The quantitative estimate of drug-likeness (QED) is 0.828. The minimum absolute atomic E-state index is 0.546. The average molecular weight is 291 g/mol. The zero-order chi connectivity index (χ0) is 14.4. The molecular formula is C16H19ClN2O. The second-order valence-electron chi connectivity index (χ2n) is 4.70. The van der Waals surface area contributed by atoms with Crippen LogP contribution in [0.3, 0.4) is 0 Å². The van der Waals surface area contributed by atoms with Crippen LogP contribution in [0.4, 0.5) is 0 Å². The van der Waals surface area contributed by atoms with E-state index in [0.717, 1.165) is 29.2 Å². The molecule has 0 fully saturated rings. The molecule has 0 aliphatic heterocycles. The minimum Gasteiger partial charge on any atom is -0.497 e. The van der Waals surface area contributed by atoms with E-state index in [0.29, 0.717) is 12.4 Å². The predicted molar refractivity (Wildman–Crippen MR) is 82.1 cm³/mol. The van der Waals surface area contributed by atoms with Crippen molar-refractivity contribution in [3.8, 4) is 5.75 Å². The first kappa shape index (κ1) is 14.8. The lowest BCUT2D eigenvalue weighted by Gasteiger charge is -2.08. The van der Waals surface area contributed by atoms with Gasteiger partial charge >= 0.3 is 0 Å². The first-order valence-corrected chi connectivity index (χ1v) is 7.11. The lowest BCUT2D eigenvalue weighted by molar-refractivity contribution is 0.412. The van der Waals surface area contributed by atoms with E-state index in [1.165, 1.54) is 5.56 Å². The van der Waals surface area contributed by atoms with E-state index in [2.05, 4.69) is 22.4 Å². The Hall–Kier alpha value is -1.58. The van der Waals surface area contributed by atoms with Gasteiger partial charge in [-0.1, -0.05) is 24.3 Å². The van der Waals surface area contributed by atoms with Crippen molar-refractivity contribution < 1.29 is 4.74 Å². The third kappa shape index (κ3) is 4.22. The molecule has 0 unspecified atom stereocenters. The molecule has 0 radical (unpaired) electrons. The maximum atomic E-state index is 5.84. The summed E-state index contributed by atoms with van der Waals surface area (Å²) >= 11 is 5.84. The van der Waals surface area contributed by atoms with Crippen LogP contribution in [-0.2, 0) is 19.0 Å². The summed E-state index contributed by atoms with van der Waals surface area (Å²) in [5.74, 6) is 1.39. The van der Waals surface area contributed by atoms with Gasteiger partial charge in [0.1, 0.15) is 5.75 Å². The molecule has 1 aromatic carbocycles. The number of halogens is 1. The fourth-order valence-corrected chi connectivity index (χ4v) is 2.24. The highest BCUT2D eigenvalue weighted by molar-refractivity contribution is 6.17. The Labute approximate surface area is 124 Å². The molecule has 0 spiro atoms. The second kappa shape index (κ2) is 7.27. The number of rotatable bonds is 6. The van der Waals surface area contributed by atoms with Gasteiger partial charge in [0.25, 0.3) is 0 Å². The van der Waals surface area contributed by atoms with E-state index in [1.54, 1.807) is 7.11 Å². The van der Waals surface area contributed by atoms with E-state index in [-0.39, 0.29) is 0 Å². The molecule has 4 heteroatoms. The maximum absolute atomic E-state index is 5.84. The highest BCUT2D eigenvalue weighted by atomic mass is 35.5. The zero-order valence-corrected chi connectivity index (χ0v) is 12.6. The highest BCUT2D eigenvalue weighted by Crippen LogP contribution is 2.13. The number of benzene rings is 1. The van der Waals surface area contributed by atoms with Crippen molar-refractivity contribution in [2.75, 3.05) is 7.11 Å². The minimum atomic E-state index is 0.546.